The van der Waals surface area contributed by atoms with E-state index < -0.39 is 29.6 Å². The minimum Gasteiger partial charge on any atom is -0.497 e. The Morgan fingerprint density at radius 1 is 1.02 bits per heavy atom. The number of carbonyl (C=O) groups excluding carboxylic acids is 3. The Bertz CT molecular complexity index is 1330. The monoisotopic (exact) mass is 557 g/mol. The first kappa shape index (κ1) is 27.5. The van der Waals surface area contributed by atoms with E-state index in [0.717, 1.165) is 31.2 Å². The highest BCUT2D eigenvalue weighted by Crippen LogP contribution is 2.55. The van der Waals surface area contributed by atoms with Gasteiger partial charge in [0.25, 0.3) is 0 Å². The molecule has 2 bridgehead atoms. The lowest BCUT2D eigenvalue weighted by atomic mass is 9.74. The van der Waals surface area contributed by atoms with E-state index in [1.807, 2.05) is 60.7 Å². The molecule has 3 fully saturated rings. The van der Waals surface area contributed by atoms with Gasteiger partial charge in [-0.1, -0.05) is 69.5 Å². The van der Waals surface area contributed by atoms with Gasteiger partial charge in [0, 0.05) is 18.3 Å². The number of amides is 3. The van der Waals surface area contributed by atoms with Gasteiger partial charge in [0.05, 0.1) is 25.0 Å². The van der Waals surface area contributed by atoms with Gasteiger partial charge >= 0.3 is 0 Å². The van der Waals surface area contributed by atoms with Gasteiger partial charge in [-0.3, -0.25) is 14.4 Å². The Morgan fingerprint density at radius 3 is 2.39 bits per heavy atom. The summed E-state index contributed by atoms with van der Waals surface area (Å²) >= 11 is 0. The molecule has 216 valence electrons. The molecule has 2 saturated heterocycles. The third kappa shape index (κ3) is 4.92. The van der Waals surface area contributed by atoms with Gasteiger partial charge in [0.15, 0.2) is 0 Å². The summed E-state index contributed by atoms with van der Waals surface area (Å²) in [4.78, 5) is 43.6. The number of rotatable bonds is 8. The van der Waals surface area contributed by atoms with Crippen LogP contribution in [0.5, 0.6) is 5.75 Å². The molecule has 41 heavy (non-hydrogen) atoms. The lowest BCUT2D eigenvalue weighted by Crippen LogP contribution is -2.56. The Kier molecular flexibility index (Phi) is 7.36. The molecule has 3 aliphatic heterocycles. The molecule has 2 aromatic rings. The second-order valence-corrected chi connectivity index (χ2v) is 12.1. The number of benzene rings is 2. The smallest absolute Gasteiger partial charge is 0.246 e. The first-order chi connectivity index (χ1) is 19.8. The summed E-state index contributed by atoms with van der Waals surface area (Å²) in [6, 6.07) is 14.5. The number of ether oxygens (including phenoxy) is 2. The van der Waals surface area contributed by atoms with E-state index in [0.29, 0.717) is 17.4 Å². The lowest BCUT2D eigenvalue weighted by Gasteiger charge is -2.34. The zero-order valence-corrected chi connectivity index (χ0v) is 24.0. The van der Waals surface area contributed by atoms with Crippen LogP contribution in [0.15, 0.2) is 60.7 Å². The average Bonchev–Trinajstić information content (AvgIpc) is 3.62. The number of fused-ring (bicyclic) bond motifs is 1. The fourth-order valence-electron chi connectivity index (χ4n) is 7.07. The third-order valence-electron chi connectivity index (χ3n) is 9.23. The molecule has 8 heteroatoms. The Labute approximate surface area is 241 Å². The second-order valence-electron chi connectivity index (χ2n) is 12.1. The van der Waals surface area contributed by atoms with E-state index in [9.17, 15) is 14.4 Å². The minimum absolute atomic E-state index is 0.0835. The Morgan fingerprint density at radius 2 is 1.73 bits per heavy atom. The number of nitrogens with one attached hydrogen (secondary N) is 2. The number of nitrogens with zero attached hydrogens (tertiary/aromatic N) is 1. The van der Waals surface area contributed by atoms with Crippen LogP contribution in [0.1, 0.15) is 63.0 Å². The molecule has 8 nitrogen and oxygen atoms in total. The summed E-state index contributed by atoms with van der Waals surface area (Å²) in [7, 11) is 1.61. The van der Waals surface area contributed by atoms with Gasteiger partial charge in [-0.2, -0.15) is 0 Å². The summed E-state index contributed by atoms with van der Waals surface area (Å²) in [6.07, 6.45) is 8.35. The number of hydrogen-bond acceptors (Lipinski definition) is 5. The van der Waals surface area contributed by atoms with Crippen molar-refractivity contribution in [2.45, 2.75) is 82.2 Å². The van der Waals surface area contributed by atoms with E-state index in [1.165, 1.54) is 12.0 Å². The first-order valence-electron chi connectivity index (χ1n) is 14.8. The van der Waals surface area contributed by atoms with Gasteiger partial charge in [-0.25, -0.2) is 0 Å². The molecule has 2 aromatic carbocycles. The Balaban J connectivity index is 1.29. The molecule has 2 N–H and O–H groups in total. The molecule has 6 rings (SSSR count). The molecule has 3 heterocycles. The topological polar surface area (TPSA) is 97.0 Å². The molecule has 0 radical (unpaired) electrons. The third-order valence-corrected chi connectivity index (χ3v) is 9.23. The number of carbonyl (C=O) groups is 3. The van der Waals surface area contributed by atoms with Crippen molar-refractivity contribution >= 4 is 23.4 Å². The standard InChI is InChI=1S/C33H39N3O5/c1-20(2)22-11-13-24(14-12-22)34-30(37)27-26-17-18-33(41-26)28(27)32(39)36(19-21-9-15-25(40-3)16-10-21)29(33)31(38)35-23-7-5-4-6-8-23/h9-18,20,23,26-29H,4-8,19H2,1-3H3,(H,34,37)(H,35,38)/t26-,27+,28-,29-,33-/m0/s1. The summed E-state index contributed by atoms with van der Waals surface area (Å²) in [6.45, 7) is 4.48. The molecule has 1 saturated carbocycles. The summed E-state index contributed by atoms with van der Waals surface area (Å²) in [5, 5.41) is 6.25. The first-order valence-corrected chi connectivity index (χ1v) is 14.8. The normalized spacial score (nSPS) is 28.7. The quantitative estimate of drug-likeness (QED) is 0.464. The fraction of sp³-hybridized carbons (Fsp3) is 0.485. The van der Waals surface area contributed by atoms with Gasteiger partial charge in [0.1, 0.15) is 17.4 Å². The van der Waals surface area contributed by atoms with Crippen molar-refractivity contribution < 1.29 is 23.9 Å². The number of methoxy groups -OCH3 is 1. The second kappa shape index (κ2) is 11.0. The van der Waals surface area contributed by atoms with E-state index in [-0.39, 0.29) is 30.3 Å². The predicted molar refractivity (Wildman–Crippen MR) is 155 cm³/mol. The molecule has 0 unspecified atom stereocenters. The molecular weight excluding hydrogens is 518 g/mol. The van der Waals surface area contributed by atoms with Crippen molar-refractivity contribution in [3.63, 3.8) is 0 Å². The van der Waals surface area contributed by atoms with E-state index in [4.69, 9.17) is 9.47 Å². The molecule has 0 aromatic heterocycles. The molecule has 5 atom stereocenters. The van der Waals surface area contributed by atoms with Crippen LogP contribution in [0.2, 0.25) is 0 Å². The summed E-state index contributed by atoms with van der Waals surface area (Å²) in [5.41, 5.74) is 1.54. The van der Waals surface area contributed by atoms with E-state index >= 15 is 0 Å². The highest BCUT2D eigenvalue weighted by Gasteiger charge is 2.72. The summed E-state index contributed by atoms with van der Waals surface area (Å²) < 4.78 is 11.8. The van der Waals surface area contributed by atoms with Crippen LogP contribution in [0.3, 0.4) is 0 Å². The lowest BCUT2D eigenvalue weighted by molar-refractivity contribution is -0.142. The van der Waals surface area contributed by atoms with Crippen LogP contribution >= 0.6 is 0 Å². The van der Waals surface area contributed by atoms with Crippen LogP contribution in [-0.2, 0) is 25.7 Å². The SMILES string of the molecule is COc1ccc(CN2C(=O)[C@@H]3[C@H](C(=O)Nc4ccc(C(C)C)cc4)[C@@H]4C=C[C@@]3(O4)[C@@H]2C(=O)NC2CCCCC2)cc1. The van der Waals surface area contributed by atoms with Gasteiger partial charge in [-0.05, 0) is 54.2 Å². The average molecular weight is 558 g/mol. The molecule has 1 spiro atoms. The van der Waals surface area contributed by atoms with Crippen molar-refractivity contribution in [3.05, 3.63) is 71.8 Å². The van der Waals surface area contributed by atoms with Gasteiger partial charge in [-0.15, -0.1) is 0 Å². The molecule has 4 aliphatic rings. The van der Waals surface area contributed by atoms with Crippen molar-refractivity contribution in [2.24, 2.45) is 11.8 Å². The number of hydrogen-bond donors (Lipinski definition) is 2. The zero-order chi connectivity index (χ0) is 28.7. The molecule has 3 amide bonds. The largest absolute Gasteiger partial charge is 0.497 e. The van der Waals surface area contributed by atoms with Gasteiger partial charge < -0.3 is 25.0 Å². The number of likely N-dealkylation sites (tertiary alicyclic amines) is 1. The van der Waals surface area contributed by atoms with Crippen LogP contribution in [-0.4, -0.2) is 53.5 Å². The highest BCUT2D eigenvalue weighted by molar-refractivity contribution is 6.02. The maximum Gasteiger partial charge on any atom is 0.246 e. The minimum atomic E-state index is -1.18. The van der Waals surface area contributed by atoms with Crippen LogP contribution < -0.4 is 15.4 Å². The predicted octanol–water partition coefficient (Wildman–Crippen LogP) is 4.56. The van der Waals surface area contributed by atoms with E-state index in [2.05, 4.69) is 24.5 Å². The molecule has 1 aliphatic carbocycles. The van der Waals surface area contributed by atoms with Crippen molar-refractivity contribution in [3.8, 4) is 5.75 Å². The molecular formula is C33H39N3O5. The van der Waals surface area contributed by atoms with Crippen LogP contribution in [0.4, 0.5) is 5.69 Å². The van der Waals surface area contributed by atoms with Crippen molar-refractivity contribution in [2.75, 3.05) is 12.4 Å². The van der Waals surface area contributed by atoms with Crippen molar-refractivity contribution in [1.82, 2.24) is 10.2 Å². The van der Waals surface area contributed by atoms with Crippen LogP contribution in [0.25, 0.3) is 0 Å². The van der Waals surface area contributed by atoms with Crippen LogP contribution in [0, 0.1) is 11.8 Å². The zero-order valence-electron chi connectivity index (χ0n) is 24.0. The van der Waals surface area contributed by atoms with Gasteiger partial charge in [0.2, 0.25) is 17.7 Å². The van der Waals surface area contributed by atoms with Crippen molar-refractivity contribution in [1.29, 1.82) is 0 Å². The van der Waals surface area contributed by atoms with E-state index in [1.54, 1.807) is 12.0 Å². The highest BCUT2D eigenvalue weighted by atomic mass is 16.5. The maximum absolute atomic E-state index is 14.2. The number of anilines is 1. The Hall–Kier alpha value is -3.65. The maximum atomic E-state index is 14.2. The fourth-order valence-corrected chi connectivity index (χ4v) is 7.07. The summed E-state index contributed by atoms with van der Waals surface area (Å²) in [5.74, 6) is -1.13.